The number of aliphatic imine (C=N–C) groups is 1. The fourth-order valence-electron chi connectivity index (χ4n) is 22.4. The number of phenols is 1. The van der Waals surface area contributed by atoms with Crippen molar-refractivity contribution in [2.24, 2.45) is 4.99 Å². The molecule has 0 saturated heterocycles. The van der Waals surface area contributed by atoms with E-state index in [-0.39, 0.29) is 96.8 Å². The molecule has 16 rings (SSSR count). The van der Waals surface area contributed by atoms with Crippen LogP contribution < -0.4 is 61.0 Å². The number of benzene rings is 4. The van der Waals surface area contributed by atoms with Crippen LogP contribution in [0, 0.1) is 0 Å². The van der Waals surface area contributed by atoms with Crippen LogP contribution in [0.5, 0.6) is 69.5 Å². The zero-order chi connectivity index (χ0) is 106. The molecule has 4 aromatic carbocycles. The van der Waals surface area contributed by atoms with Crippen LogP contribution in [0.4, 0.5) is 26.7 Å². The summed E-state index contributed by atoms with van der Waals surface area (Å²) >= 11 is 0. The van der Waals surface area contributed by atoms with Crippen molar-refractivity contribution in [1.29, 1.82) is 0 Å². The van der Waals surface area contributed by atoms with Gasteiger partial charge in [0, 0.05) is 116 Å². The standard InChI is InChI=1S/C32H43N3O6Si.C29H40N2O4Si.C28H37N3O4Si.C23H23N3O6/c1-10-13-40-32(37)35-19-25-14-24(23-11-12-30(39-9)33-17-23)18-34(25)31(36)26-15-28(38-8)29(16-27(26)35)41-42(20(2)3,21(4)5)22(6)7;1-18(2)36(19(3)4,20(5)6)35-27-14-21-9-11-24-13-23(22-10-12-28(34-8)30-16-22)17-31(24)29(32)25(21)15-26(27)33-7;1-17(2)36(18(3)4,19(5)6)35-26-13-24-23(12-25(26)33-7)28(32)31-16-21(11-22(31)15-29-24)20-9-10-27(34-8)30-14-20;1-4-7-32-23(29)26-13-16-8-15(14-5-6-21(31-3)24-11-14)12-25(16)22(28)17-9-20(30-2)19(27)10-18(17)26/h10-12,15-18,20-22,25H,1,13-14,19H2,2-9H3;10,12,14-20,24H,9,11,13H2,1-8H3;9-10,12-19,22H,11H2,1-8H3;4-6,9-12,16,27H,1,7-8,13H2,2-3H3/t25-;24-;22-;16-/m0100/s1. The van der Waals surface area contributed by atoms with Crippen molar-refractivity contribution in [3.8, 4) is 69.5 Å². The zero-order valence-corrected chi connectivity index (χ0v) is 92.2. The number of methoxy groups -OCH3 is 8. The minimum absolute atomic E-state index is 0.0221. The number of pyridine rings is 4. The monoisotopic (exact) mass is 2050 g/mol. The summed E-state index contributed by atoms with van der Waals surface area (Å²) in [6, 6.07) is 28.3. The third-order valence-corrected chi connectivity index (χ3v) is 47.4. The van der Waals surface area contributed by atoms with Crippen LogP contribution in [-0.4, -0.2) is 219 Å². The van der Waals surface area contributed by atoms with Gasteiger partial charge in [0.1, 0.15) is 30.5 Å². The average molecular weight is 2050 g/mol. The minimum Gasteiger partial charge on any atom is -0.540 e. The van der Waals surface area contributed by atoms with Gasteiger partial charge in [0.2, 0.25) is 23.5 Å². The van der Waals surface area contributed by atoms with Crippen LogP contribution in [0.2, 0.25) is 49.9 Å². The number of hydrogen-bond donors (Lipinski definition) is 1. The predicted molar refractivity (Wildman–Crippen MR) is 576 cm³/mol. The first kappa shape index (κ1) is 109. The molecule has 0 aliphatic carbocycles. The lowest BCUT2D eigenvalue weighted by atomic mass is 9.98. The molecule has 12 heterocycles. The third kappa shape index (κ3) is 22.2. The Labute approximate surface area is 862 Å². The molecule has 4 atom stereocenters. The number of rotatable bonds is 31. The van der Waals surface area contributed by atoms with Gasteiger partial charge >= 0.3 is 12.2 Å². The number of ether oxygens (including phenoxy) is 10. The first-order valence-electron chi connectivity index (χ1n) is 50.1. The number of anilines is 2. The van der Waals surface area contributed by atoms with Gasteiger partial charge in [0.25, 0.3) is 48.6 Å². The summed E-state index contributed by atoms with van der Waals surface area (Å²) in [5.74, 6) is 5.16. The number of fused-ring (bicyclic) bond motifs is 8. The highest BCUT2D eigenvalue weighted by Crippen LogP contribution is 2.53. The third-order valence-electron chi connectivity index (χ3n) is 29.5. The number of aromatic hydroxyl groups is 1. The van der Waals surface area contributed by atoms with E-state index < -0.39 is 37.1 Å². The van der Waals surface area contributed by atoms with E-state index in [9.17, 15) is 33.9 Å². The summed E-state index contributed by atoms with van der Waals surface area (Å²) in [6.45, 7) is 48.2. The molecule has 0 saturated carbocycles. The maximum absolute atomic E-state index is 14.1. The van der Waals surface area contributed by atoms with Crippen LogP contribution in [0.15, 0.2) is 177 Å². The topological polar surface area (TPSA) is 326 Å². The van der Waals surface area contributed by atoms with E-state index in [1.807, 2.05) is 84.4 Å². The van der Waals surface area contributed by atoms with Gasteiger partial charge < -0.3 is 85.4 Å². The normalized spacial score (nSPS) is 17.2. The second-order valence-electron chi connectivity index (χ2n) is 40.4. The summed E-state index contributed by atoms with van der Waals surface area (Å²) in [6.07, 6.45) is 22.5. The van der Waals surface area contributed by atoms with E-state index in [2.05, 4.69) is 164 Å². The molecule has 0 radical (unpaired) electrons. The van der Waals surface area contributed by atoms with Gasteiger partial charge in [-0.2, -0.15) is 0 Å². The number of carbonyl (C=O) groups is 6. The van der Waals surface area contributed by atoms with Crippen molar-refractivity contribution in [1.82, 2.24) is 39.5 Å². The fourth-order valence-corrected chi connectivity index (χ4v) is 38.2. The molecule has 34 heteroatoms. The first-order chi connectivity index (χ1) is 69.7. The molecule has 0 fully saturated rings. The van der Waals surface area contributed by atoms with E-state index >= 15 is 0 Å². The number of aryl methyl sites for hydroxylation is 1. The van der Waals surface area contributed by atoms with Crippen LogP contribution in [0.1, 0.15) is 226 Å². The molecule has 8 aromatic rings. The van der Waals surface area contributed by atoms with E-state index in [0.717, 1.165) is 75.1 Å². The number of phenolic OH excluding ortho intramolecular Hbond substituents is 1. The lowest BCUT2D eigenvalue weighted by Gasteiger charge is -2.42. The van der Waals surface area contributed by atoms with Gasteiger partial charge in [-0.15, -0.1) is 0 Å². The molecular weight excluding hydrogens is 1900 g/mol. The molecule has 8 aliphatic heterocycles. The second kappa shape index (κ2) is 46.8. The maximum Gasteiger partial charge on any atom is 0.414 e. The lowest BCUT2D eigenvalue weighted by Crippen LogP contribution is -2.50. The molecular formula is C112H143N11O20Si3. The Morgan fingerprint density at radius 3 is 1.05 bits per heavy atom. The SMILES string of the molecule is C=CCOC(=O)N1C[C@@H]2CC(c3ccc(OC)nc3)=CN2C(=O)c2cc(OC)c(O)cc21.C=CCOC(=O)N1C[C@@H]2CC(c3ccc(OC)nc3)=CN2C(=O)c2cc(OC)c(O[Si](C(C)C)(C(C)C)C(C)C)cc21.COc1ccc(C2=CN3C(=O)c4cc(OC)c(O[Si](C(C)C)(C(C)C)C(C)C)cc4CC[C@@H]3C2)cn1.COc1ccc(C2=CN3C(=O)c4cc(OC)c(O[Si](C(C)C)(C(C)C)C(C)C)cc4N=C[C@@H]3C2)cn1. The fraction of sp³-hybridized carbons (Fsp3) is 0.438. The highest BCUT2D eigenvalue weighted by Gasteiger charge is 2.53. The number of nitrogens with zero attached hydrogens (tertiary/aromatic N) is 11. The van der Waals surface area contributed by atoms with Gasteiger partial charge in [-0.05, 0) is 187 Å². The highest BCUT2D eigenvalue weighted by molar-refractivity contribution is 6.79. The summed E-state index contributed by atoms with van der Waals surface area (Å²) in [5.41, 5.74) is 15.4. The van der Waals surface area contributed by atoms with Crippen molar-refractivity contribution in [2.45, 2.75) is 237 Å². The average Bonchev–Trinajstić information content (AvgIpc) is 1.66. The highest BCUT2D eigenvalue weighted by atomic mass is 28.4. The van der Waals surface area contributed by atoms with Crippen molar-refractivity contribution in [3.63, 3.8) is 0 Å². The van der Waals surface area contributed by atoms with Crippen LogP contribution >= 0.6 is 0 Å². The summed E-state index contributed by atoms with van der Waals surface area (Å²) in [7, 11) is 5.79. The van der Waals surface area contributed by atoms with E-state index in [1.165, 1.54) is 36.3 Å². The molecule has 6 amide bonds. The summed E-state index contributed by atoms with van der Waals surface area (Å²) in [4.78, 5) is 113. The number of amides is 6. The van der Waals surface area contributed by atoms with Gasteiger partial charge in [-0.3, -0.25) is 34.0 Å². The Morgan fingerprint density at radius 1 is 0.377 bits per heavy atom. The van der Waals surface area contributed by atoms with Crippen LogP contribution in [0.3, 0.4) is 0 Å². The van der Waals surface area contributed by atoms with Gasteiger partial charge in [0.05, 0.1) is 122 Å². The molecule has 4 aromatic heterocycles. The largest absolute Gasteiger partial charge is 0.540 e. The Hall–Kier alpha value is -13.7. The Bertz CT molecular complexity index is 6210. The molecule has 778 valence electrons. The van der Waals surface area contributed by atoms with Gasteiger partial charge in [0.15, 0.2) is 28.7 Å². The summed E-state index contributed by atoms with van der Waals surface area (Å²) < 4.78 is 74.9. The molecule has 31 nitrogen and oxygen atoms in total. The molecule has 0 unspecified atom stereocenters. The summed E-state index contributed by atoms with van der Waals surface area (Å²) in [5, 5.41) is 10.3. The number of carbonyl (C=O) groups excluding carboxylic acids is 6. The molecule has 146 heavy (non-hydrogen) atoms. The van der Waals surface area contributed by atoms with E-state index in [0.29, 0.717) is 149 Å². The van der Waals surface area contributed by atoms with Gasteiger partial charge in [-0.25, -0.2) is 29.5 Å². The first-order valence-corrected chi connectivity index (χ1v) is 56.5. The zero-order valence-electron chi connectivity index (χ0n) is 89.2. The molecule has 0 bridgehead atoms. The van der Waals surface area contributed by atoms with Crippen molar-refractivity contribution in [2.75, 3.05) is 93.0 Å². The van der Waals surface area contributed by atoms with E-state index in [4.69, 9.17) is 65.6 Å². The Morgan fingerprint density at radius 2 is 0.692 bits per heavy atom. The number of aromatic nitrogens is 4. The van der Waals surface area contributed by atoms with E-state index in [1.54, 1.807) is 124 Å². The van der Waals surface area contributed by atoms with Crippen molar-refractivity contribution in [3.05, 3.63) is 222 Å². The Balaban J connectivity index is 0.000000164. The number of hydrogen-bond acceptors (Lipinski definition) is 25. The molecule has 1 N–H and O–H groups in total. The van der Waals surface area contributed by atoms with Crippen LogP contribution in [0.25, 0.3) is 22.3 Å². The van der Waals surface area contributed by atoms with Crippen LogP contribution in [-0.2, 0) is 15.9 Å². The smallest absolute Gasteiger partial charge is 0.414 e. The van der Waals surface area contributed by atoms with Crippen molar-refractivity contribution >= 4 is 106 Å². The molecule has 0 spiro atoms. The Kier molecular flexibility index (Phi) is 35.1. The molecule has 8 aliphatic rings. The van der Waals surface area contributed by atoms with Crippen molar-refractivity contribution < 1.29 is 94.5 Å². The maximum atomic E-state index is 14.1. The lowest BCUT2D eigenvalue weighted by molar-refractivity contribution is 0.0781. The quantitative estimate of drug-likeness (QED) is 0.0311. The predicted octanol–water partition coefficient (Wildman–Crippen LogP) is 23.7. The van der Waals surface area contributed by atoms with Gasteiger partial charge in [-0.1, -0.05) is 150 Å². The minimum atomic E-state index is -2.39. The second-order valence-corrected chi connectivity index (χ2v) is 56.6.